The van der Waals surface area contributed by atoms with Gasteiger partial charge in [0.15, 0.2) is 11.6 Å². The molecule has 1 unspecified atom stereocenters. The normalized spacial score (nSPS) is 19.8. The number of alkyl halides is 4. The van der Waals surface area contributed by atoms with Gasteiger partial charge in [-0.2, -0.15) is 0 Å². The Bertz CT molecular complexity index is 1080. The highest BCUT2D eigenvalue weighted by molar-refractivity contribution is 5.79. The molecule has 0 amide bonds. The lowest BCUT2D eigenvalue weighted by Crippen LogP contribution is -2.50. The molecule has 1 saturated heterocycles. The van der Waals surface area contributed by atoms with Gasteiger partial charge >= 0.3 is 6.36 Å². The zero-order chi connectivity index (χ0) is 22.3. The molecule has 2 aromatic carbocycles. The van der Waals surface area contributed by atoms with E-state index in [0.29, 0.717) is 23.6 Å². The van der Waals surface area contributed by atoms with Gasteiger partial charge in [-0.3, -0.25) is 0 Å². The molecule has 0 saturated carbocycles. The molecule has 3 aromatic rings. The van der Waals surface area contributed by atoms with Gasteiger partial charge in [0.05, 0.1) is 23.6 Å². The van der Waals surface area contributed by atoms with Crippen LogP contribution in [0.4, 0.5) is 32.3 Å². The van der Waals surface area contributed by atoms with Crippen molar-refractivity contribution < 1.29 is 31.1 Å². The minimum atomic E-state index is -4.81. The molecule has 0 spiro atoms. The largest absolute Gasteiger partial charge is 0.573 e. The van der Waals surface area contributed by atoms with Crippen molar-refractivity contribution in [2.45, 2.75) is 31.5 Å². The molecule has 0 radical (unpaired) electrons. The van der Waals surface area contributed by atoms with Gasteiger partial charge in [0.2, 0.25) is 5.95 Å². The fourth-order valence-corrected chi connectivity index (χ4v) is 3.62. The van der Waals surface area contributed by atoms with Crippen LogP contribution < -0.4 is 15.4 Å². The minimum Gasteiger partial charge on any atom is -0.406 e. The second-order valence-corrected chi connectivity index (χ2v) is 7.36. The molecule has 2 N–H and O–H groups in total. The van der Waals surface area contributed by atoms with Gasteiger partial charge < -0.3 is 19.9 Å². The van der Waals surface area contributed by atoms with Crippen molar-refractivity contribution in [1.29, 1.82) is 0 Å². The zero-order valence-electron chi connectivity index (χ0n) is 16.0. The lowest BCUT2D eigenvalue weighted by molar-refractivity contribution is -0.274. The number of hydrogen-bond acceptors (Lipinski definition) is 4. The van der Waals surface area contributed by atoms with Crippen LogP contribution in [-0.2, 0) is 6.54 Å². The number of fused-ring (bicyclic) bond motifs is 1. The second kappa shape index (κ2) is 7.95. The monoisotopic (exact) mass is 444 g/mol. The summed E-state index contributed by atoms with van der Waals surface area (Å²) in [5.41, 5.74) is 6.90. The van der Waals surface area contributed by atoms with E-state index in [1.54, 1.807) is 9.47 Å². The summed E-state index contributed by atoms with van der Waals surface area (Å²) in [5, 5.41) is 0. The third kappa shape index (κ3) is 4.55. The van der Waals surface area contributed by atoms with Crippen LogP contribution in [0.15, 0.2) is 36.4 Å². The van der Waals surface area contributed by atoms with Crippen LogP contribution in [-0.4, -0.2) is 41.2 Å². The zero-order valence-corrected chi connectivity index (χ0v) is 16.0. The number of imidazole rings is 1. The summed E-state index contributed by atoms with van der Waals surface area (Å²) < 4.78 is 84.0. The van der Waals surface area contributed by atoms with Gasteiger partial charge in [0.1, 0.15) is 11.9 Å². The van der Waals surface area contributed by atoms with E-state index in [9.17, 15) is 26.3 Å². The Morgan fingerprint density at radius 1 is 1.10 bits per heavy atom. The van der Waals surface area contributed by atoms with Gasteiger partial charge in [-0.05, 0) is 24.1 Å². The van der Waals surface area contributed by atoms with Crippen molar-refractivity contribution in [3.63, 3.8) is 0 Å². The molecule has 166 valence electrons. The molecular formula is C20H18F6N4O. The van der Waals surface area contributed by atoms with Crippen LogP contribution in [0, 0.1) is 11.6 Å². The van der Waals surface area contributed by atoms with Gasteiger partial charge in [-0.15, -0.1) is 13.2 Å². The van der Waals surface area contributed by atoms with Crippen LogP contribution in [0.5, 0.6) is 5.75 Å². The first-order valence-corrected chi connectivity index (χ1v) is 9.45. The van der Waals surface area contributed by atoms with Crippen LogP contribution in [0.3, 0.4) is 0 Å². The van der Waals surface area contributed by atoms with E-state index in [-0.39, 0.29) is 30.8 Å². The van der Waals surface area contributed by atoms with Crippen LogP contribution >= 0.6 is 0 Å². The summed E-state index contributed by atoms with van der Waals surface area (Å²) in [5.74, 6) is -2.15. The fourth-order valence-electron chi connectivity index (χ4n) is 3.62. The quantitative estimate of drug-likeness (QED) is 0.615. The van der Waals surface area contributed by atoms with Crippen molar-refractivity contribution in [2.24, 2.45) is 5.73 Å². The smallest absolute Gasteiger partial charge is 0.406 e. The second-order valence-electron chi connectivity index (χ2n) is 7.36. The third-order valence-corrected chi connectivity index (χ3v) is 5.12. The summed E-state index contributed by atoms with van der Waals surface area (Å²) >= 11 is 0. The van der Waals surface area contributed by atoms with Crippen LogP contribution in [0.1, 0.15) is 12.0 Å². The van der Waals surface area contributed by atoms with Gasteiger partial charge in [-0.1, -0.05) is 12.1 Å². The summed E-state index contributed by atoms with van der Waals surface area (Å²) in [6, 6.07) is 6.40. The van der Waals surface area contributed by atoms with E-state index in [4.69, 9.17) is 5.73 Å². The average Bonchev–Trinajstić information content (AvgIpc) is 3.02. The number of aromatic nitrogens is 2. The van der Waals surface area contributed by atoms with E-state index < -0.39 is 30.2 Å². The molecule has 1 aromatic heterocycles. The van der Waals surface area contributed by atoms with Crippen molar-refractivity contribution in [1.82, 2.24) is 9.55 Å². The highest BCUT2D eigenvalue weighted by Crippen LogP contribution is 2.29. The molecule has 31 heavy (non-hydrogen) atoms. The lowest BCUT2D eigenvalue weighted by atomic mass is 10.1. The van der Waals surface area contributed by atoms with Crippen molar-refractivity contribution in [3.05, 3.63) is 53.6 Å². The van der Waals surface area contributed by atoms with E-state index in [2.05, 4.69) is 9.72 Å². The molecule has 2 atom stereocenters. The summed E-state index contributed by atoms with van der Waals surface area (Å²) in [6.07, 6.45) is -5.79. The highest BCUT2D eigenvalue weighted by atomic mass is 19.4. The van der Waals surface area contributed by atoms with Gasteiger partial charge in [0, 0.05) is 25.2 Å². The molecular weight excluding hydrogens is 426 g/mol. The van der Waals surface area contributed by atoms with Gasteiger partial charge in [-0.25, -0.2) is 18.2 Å². The van der Waals surface area contributed by atoms with E-state index >= 15 is 0 Å². The lowest BCUT2D eigenvalue weighted by Gasteiger charge is -2.34. The summed E-state index contributed by atoms with van der Waals surface area (Å²) in [6.45, 7) is 0.573. The topological polar surface area (TPSA) is 56.3 Å². The number of halogens is 6. The Balaban J connectivity index is 1.70. The minimum absolute atomic E-state index is 0.105. The van der Waals surface area contributed by atoms with Crippen molar-refractivity contribution >= 4 is 17.0 Å². The molecule has 0 bridgehead atoms. The maximum absolute atomic E-state index is 13.9. The molecule has 0 aliphatic carbocycles. The predicted molar refractivity (Wildman–Crippen MR) is 102 cm³/mol. The number of ether oxygens (including phenoxy) is 1. The first kappa shape index (κ1) is 21.3. The number of benzene rings is 2. The Kier molecular flexibility index (Phi) is 5.46. The maximum atomic E-state index is 13.9. The predicted octanol–water partition coefficient (Wildman–Crippen LogP) is 4.14. The molecule has 1 aliphatic heterocycles. The number of piperidine rings is 1. The number of nitrogens with zero attached hydrogens (tertiary/aromatic N) is 3. The van der Waals surface area contributed by atoms with Crippen LogP contribution in [0.25, 0.3) is 11.0 Å². The molecule has 4 rings (SSSR count). The van der Waals surface area contributed by atoms with Crippen molar-refractivity contribution in [2.75, 3.05) is 18.0 Å². The SMILES string of the molecule is N[C@@H]1CN(c2nc3cc(F)c(F)cc3n2Cc2ccc(OC(F)(F)F)cc2)CCC1F. The third-order valence-electron chi connectivity index (χ3n) is 5.12. The number of hydrogen-bond donors (Lipinski definition) is 1. The summed E-state index contributed by atoms with van der Waals surface area (Å²) in [4.78, 5) is 6.12. The molecule has 1 fully saturated rings. The Morgan fingerprint density at radius 2 is 1.77 bits per heavy atom. The fraction of sp³-hybridized carbons (Fsp3) is 0.350. The first-order chi connectivity index (χ1) is 14.6. The molecule has 1 aliphatic rings. The Hall–Kier alpha value is -2.95. The molecule has 2 heterocycles. The Labute approximate surface area is 173 Å². The number of anilines is 1. The highest BCUT2D eigenvalue weighted by Gasteiger charge is 2.31. The maximum Gasteiger partial charge on any atom is 0.573 e. The van der Waals surface area contributed by atoms with Crippen molar-refractivity contribution in [3.8, 4) is 5.75 Å². The average molecular weight is 444 g/mol. The first-order valence-electron chi connectivity index (χ1n) is 9.45. The molecule has 11 heteroatoms. The van der Waals surface area contributed by atoms with Gasteiger partial charge in [0.25, 0.3) is 0 Å². The summed E-state index contributed by atoms with van der Waals surface area (Å²) in [7, 11) is 0. The standard InChI is InChI=1S/C20H18F6N4O/c21-13-5-6-29(10-16(13)27)19-28-17-7-14(22)15(23)8-18(17)30(19)9-11-1-3-12(4-2-11)31-20(24,25)26/h1-4,7-8,13,16H,5-6,9-10,27H2/t13?,16-/m1/s1. The Morgan fingerprint density at radius 3 is 2.42 bits per heavy atom. The molecule has 5 nitrogen and oxygen atoms in total. The number of nitrogens with two attached hydrogens (primary N) is 1. The van der Waals surface area contributed by atoms with Crippen LogP contribution in [0.2, 0.25) is 0 Å². The van der Waals surface area contributed by atoms with E-state index in [1.807, 2.05) is 0 Å². The van der Waals surface area contributed by atoms with E-state index in [1.165, 1.54) is 12.1 Å². The number of rotatable bonds is 4. The van der Waals surface area contributed by atoms with E-state index in [0.717, 1.165) is 24.3 Å².